The summed E-state index contributed by atoms with van der Waals surface area (Å²) in [5.74, 6) is 0.238. The fraction of sp³-hybridized carbons (Fsp3) is 0.600. The molecule has 0 aromatic heterocycles. The van der Waals surface area contributed by atoms with Crippen LogP contribution >= 0.6 is 0 Å². The Morgan fingerprint density at radius 3 is 2.90 bits per heavy atom. The van der Waals surface area contributed by atoms with Gasteiger partial charge in [-0.25, -0.2) is 8.42 Å². The molecule has 0 amide bonds. The smallest absolute Gasteiger partial charge is 0.178 e. The third kappa shape index (κ3) is 2.90. The number of benzene rings is 1. The second-order valence-corrected chi connectivity index (χ2v) is 7.65. The van der Waals surface area contributed by atoms with Crippen molar-refractivity contribution in [2.75, 3.05) is 18.9 Å². The first-order valence-corrected chi connectivity index (χ1v) is 8.99. The maximum atomic E-state index is 12.1. The Hall–Kier alpha value is -0.910. The molecule has 20 heavy (non-hydrogen) atoms. The predicted molar refractivity (Wildman–Crippen MR) is 77.4 cm³/mol. The van der Waals surface area contributed by atoms with Crippen LogP contribution in [0.15, 0.2) is 29.2 Å². The molecular formula is C15H21NO3S. The first-order chi connectivity index (χ1) is 9.67. The van der Waals surface area contributed by atoms with Crippen LogP contribution in [-0.4, -0.2) is 33.4 Å². The lowest BCUT2D eigenvalue weighted by Crippen LogP contribution is -2.31. The molecule has 2 aliphatic heterocycles. The van der Waals surface area contributed by atoms with Gasteiger partial charge in [0, 0.05) is 12.6 Å². The van der Waals surface area contributed by atoms with Crippen LogP contribution < -0.4 is 5.32 Å². The van der Waals surface area contributed by atoms with E-state index in [-0.39, 0.29) is 11.8 Å². The van der Waals surface area contributed by atoms with E-state index < -0.39 is 9.84 Å². The highest BCUT2D eigenvalue weighted by atomic mass is 32.2. The average Bonchev–Trinajstić information content (AvgIpc) is 2.95. The summed E-state index contributed by atoms with van der Waals surface area (Å²) in [6.45, 7) is 1.76. The van der Waals surface area contributed by atoms with Crippen molar-refractivity contribution in [2.24, 2.45) is 0 Å². The standard InChI is InChI=1S/C15H21NO3S/c17-20(18)11-8-14(13-5-1-2-6-15(13)20)16-9-7-12-4-3-10-19-12/h1-2,5-6,12,14,16H,3-4,7-11H2. The quantitative estimate of drug-likeness (QED) is 0.924. The lowest BCUT2D eigenvalue weighted by Gasteiger charge is -2.26. The summed E-state index contributed by atoms with van der Waals surface area (Å²) in [7, 11) is -3.08. The molecule has 1 N–H and O–H groups in total. The highest BCUT2D eigenvalue weighted by molar-refractivity contribution is 7.91. The highest BCUT2D eigenvalue weighted by Crippen LogP contribution is 2.31. The summed E-state index contributed by atoms with van der Waals surface area (Å²) in [6, 6.07) is 7.50. The summed E-state index contributed by atoms with van der Waals surface area (Å²) in [6.07, 6.45) is 4.35. The van der Waals surface area contributed by atoms with Gasteiger partial charge in [0.15, 0.2) is 9.84 Å². The Balaban J connectivity index is 1.65. The molecule has 1 saturated heterocycles. The van der Waals surface area contributed by atoms with Crippen molar-refractivity contribution in [3.05, 3.63) is 29.8 Å². The van der Waals surface area contributed by atoms with Gasteiger partial charge in [-0.2, -0.15) is 0 Å². The molecule has 2 aliphatic rings. The monoisotopic (exact) mass is 295 g/mol. The van der Waals surface area contributed by atoms with Crippen LogP contribution in [0.1, 0.15) is 37.3 Å². The molecule has 3 rings (SSSR count). The lowest BCUT2D eigenvalue weighted by atomic mass is 10.0. The zero-order valence-corrected chi connectivity index (χ0v) is 12.4. The van der Waals surface area contributed by atoms with Gasteiger partial charge in [0.25, 0.3) is 0 Å². The van der Waals surface area contributed by atoms with E-state index in [0.29, 0.717) is 17.4 Å². The fourth-order valence-corrected chi connectivity index (χ4v) is 4.71. The molecule has 110 valence electrons. The van der Waals surface area contributed by atoms with Crippen LogP contribution in [0, 0.1) is 0 Å². The van der Waals surface area contributed by atoms with Gasteiger partial charge < -0.3 is 10.1 Å². The molecule has 2 atom stereocenters. The van der Waals surface area contributed by atoms with E-state index in [0.717, 1.165) is 38.0 Å². The molecule has 5 heteroatoms. The summed E-state index contributed by atoms with van der Waals surface area (Å²) in [5, 5.41) is 3.50. The van der Waals surface area contributed by atoms with Crippen molar-refractivity contribution < 1.29 is 13.2 Å². The van der Waals surface area contributed by atoms with E-state index in [2.05, 4.69) is 5.32 Å². The number of sulfone groups is 1. The van der Waals surface area contributed by atoms with E-state index in [1.54, 1.807) is 12.1 Å². The first-order valence-electron chi connectivity index (χ1n) is 7.33. The minimum absolute atomic E-state index is 0.149. The predicted octanol–water partition coefficient (Wildman–Crippen LogP) is 2.06. The molecule has 1 aromatic rings. The van der Waals surface area contributed by atoms with Crippen LogP contribution in [0.2, 0.25) is 0 Å². The van der Waals surface area contributed by atoms with Gasteiger partial charge in [-0.3, -0.25) is 0 Å². The molecule has 2 unspecified atom stereocenters. The summed E-state index contributed by atoms with van der Waals surface area (Å²) < 4.78 is 29.7. The third-order valence-electron chi connectivity index (χ3n) is 4.19. The van der Waals surface area contributed by atoms with Gasteiger partial charge in [-0.1, -0.05) is 18.2 Å². The van der Waals surface area contributed by atoms with E-state index in [1.807, 2.05) is 12.1 Å². The molecule has 1 aromatic carbocycles. The topological polar surface area (TPSA) is 55.4 Å². The van der Waals surface area contributed by atoms with Gasteiger partial charge in [-0.05, 0) is 43.9 Å². The summed E-state index contributed by atoms with van der Waals surface area (Å²) in [4.78, 5) is 0.501. The Morgan fingerprint density at radius 2 is 2.10 bits per heavy atom. The average molecular weight is 295 g/mol. The van der Waals surface area contributed by atoms with Gasteiger partial charge in [-0.15, -0.1) is 0 Å². The van der Waals surface area contributed by atoms with Gasteiger partial charge in [0.2, 0.25) is 0 Å². The Bertz CT molecular complexity index is 564. The largest absolute Gasteiger partial charge is 0.378 e. The van der Waals surface area contributed by atoms with Crippen LogP contribution in [-0.2, 0) is 14.6 Å². The second-order valence-electron chi connectivity index (χ2n) is 5.58. The van der Waals surface area contributed by atoms with Gasteiger partial charge >= 0.3 is 0 Å². The molecule has 0 aliphatic carbocycles. The Labute approximate surface area is 120 Å². The molecule has 2 heterocycles. The Morgan fingerprint density at radius 1 is 1.25 bits per heavy atom. The molecule has 4 nitrogen and oxygen atoms in total. The van der Waals surface area contributed by atoms with Crippen LogP contribution in [0.4, 0.5) is 0 Å². The maximum absolute atomic E-state index is 12.1. The minimum Gasteiger partial charge on any atom is -0.378 e. The highest BCUT2D eigenvalue weighted by Gasteiger charge is 2.29. The molecule has 0 radical (unpaired) electrons. The van der Waals surface area contributed by atoms with Crippen molar-refractivity contribution >= 4 is 9.84 Å². The summed E-state index contributed by atoms with van der Waals surface area (Å²) >= 11 is 0. The van der Waals surface area contributed by atoms with Crippen LogP contribution in [0.5, 0.6) is 0 Å². The van der Waals surface area contributed by atoms with Crippen molar-refractivity contribution in [1.29, 1.82) is 0 Å². The first kappa shape index (κ1) is 14.0. The van der Waals surface area contributed by atoms with Crippen molar-refractivity contribution in [1.82, 2.24) is 5.32 Å². The Kier molecular flexibility index (Phi) is 4.10. The number of hydrogen-bond donors (Lipinski definition) is 1. The third-order valence-corrected chi connectivity index (χ3v) is 6.00. The molecule has 1 fully saturated rings. The number of hydrogen-bond acceptors (Lipinski definition) is 4. The number of nitrogens with one attached hydrogen (secondary N) is 1. The van der Waals surface area contributed by atoms with Crippen molar-refractivity contribution in [3.63, 3.8) is 0 Å². The SMILES string of the molecule is O=S1(=O)CCC(NCCC2CCCO2)c2ccccc21. The zero-order valence-electron chi connectivity index (χ0n) is 11.5. The zero-order chi connectivity index (χ0) is 14.0. The number of ether oxygens (including phenoxy) is 1. The van der Waals surface area contributed by atoms with Gasteiger partial charge in [0.05, 0.1) is 16.8 Å². The molecule has 0 bridgehead atoms. The fourth-order valence-electron chi connectivity index (χ4n) is 3.09. The van der Waals surface area contributed by atoms with E-state index >= 15 is 0 Å². The second kappa shape index (κ2) is 5.84. The number of rotatable bonds is 4. The van der Waals surface area contributed by atoms with Crippen molar-refractivity contribution in [3.8, 4) is 0 Å². The molecule has 0 saturated carbocycles. The van der Waals surface area contributed by atoms with Crippen LogP contribution in [0.3, 0.4) is 0 Å². The van der Waals surface area contributed by atoms with Crippen LogP contribution in [0.25, 0.3) is 0 Å². The number of fused-ring (bicyclic) bond motifs is 1. The van der Waals surface area contributed by atoms with Crippen molar-refractivity contribution in [2.45, 2.75) is 42.7 Å². The lowest BCUT2D eigenvalue weighted by molar-refractivity contribution is 0.103. The normalized spacial score (nSPS) is 28.2. The van der Waals surface area contributed by atoms with Gasteiger partial charge in [0.1, 0.15) is 0 Å². The van der Waals surface area contributed by atoms with E-state index in [4.69, 9.17) is 4.74 Å². The molecule has 0 spiro atoms. The summed E-state index contributed by atoms with van der Waals surface area (Å²) in [5.41, 5.74) is 0.922. The minimum atomic E-state index is -3.08. The van der Waals surface area contributed by atoms with E-state index in [9.17, 15) is 8.42 Å². The van der Waals surface area contributed by atoms with E-state index in [1.165, 1.54) is 0 Å². The molecular weight excluding hydrogens is 274 g/mol. The maximum Gasteiger partial charge on any atom is 0.178 e.